The van der Waals surface area contributed by atoms with Gasteiger partial charge in [0.2, 0.25) is 0 Å². The van der Waals surface area contributed by atoms with Gasteiger partial charge in [-0.2, -0.15) is 0 Å². The van der Waals surface area contributed by atoms with Gasteiger partial charge in [-0.15, -0.1) is 0 Å². The molecule has 3 aliphatic rings. The van der Waals surface area contributed by atoms with E-state index >= 15 is 0 Å². The van der Waals surface area contributed by atoms with E-state index in [1.165, 1.54) is 45.1 Å². The van der Waals surface area contributed by atoms with Gasteiger partial charge in [-0.1, -0.05) is 5.57 Å². The Hall–Kier alpha value is -0.300. The Kier molecular flexibility index (Phi) is 1.54. The summed E-state index contributed by atoms with van der Waals surface area (Å²) in [5.74, 6) is 0.944. The van der Waals surface area contributed by atoms with Crippen molar-refractivity contribution in [3.8, 4) is 0 Å². The molecule has 2 atom stereocenters. The van der Waals surface area contributed by atoms with Crippen LogP contribution >= 0.6 is 0 Å². The van der Waals surface area contributed by atoms with Gasteiger partial charge in [0.05, 0.1) is 0 Å². The molecule has 1 nitrogen and oxygen atoms in total. The molecule has 1 aliphatic heterocycles. The fraction of sp³-hybridized carbons (Fsp3) is 0.818. The highest BCUT2D eigenvalue weighted by Gasteiger charge is 2.35. The molecular formula is C11H17N. The molecule has 0 saturated carbocycles. The molecule has 1 saturated heterocycles. The maximum Gasteiger partial charge on any atom is 0.0285 e. The van der Waals surface area contributed by atoms with Crippen LogP contribution < -0.4 is 5.32 Å². The Morgan fingerprint density at radius 3 is 2.83 bits per heavy atom. The molecule has 0 amide bonds. The summed E-state index contributed by atoms with van der Waals surface area (Å²) in [4.78, 5) is 0. The Bertz CT molecular complexity index is 207. The molecule has 2 unspecified atom stereocenters. The van der Waals surface area contributed by atoms with Gasteiger partial charge < -0.3 is 5.32 Å². The van der Waals surface area contributed by atoms with E-state index in [4.69, 9.17) is 0 Å². The van der Waals surface area contributed by atoms with Crippen LogP contribution in [0, 0.1) is 5.92 Å². The highest BCUT2D eigenvalue weighted by Crippen LogP contribution is 2.41. The third-order valence-corrected chi connectivity index (χ3v) is 3.84. The number of nitrogens with one attached hydrogen (secondary N) is 1. The molecule has 0 aromatic rings. The smallest absolute Gasteiger partial charge is 0.0285 e. The zero-order chi connectivity index (χ0) is 7.97. The van der Waals surface area contributed by atoms with Crippen LogP contribution in [-0.4, -0.2) is 12.6 Å². The van der Waals surface area contributed by atoms with Gasteiger partial charge in [-0.05, 0) is 50.0 Å². The SMILES string of the molecule is C1CC2=C3C(C1)CNC3CCC2. The fourth-order valence-electron chi connectivity index (χ4n) is 3.33. The second kappa shape index (κ2) is 2.59. The molecule has 2 aliphatic carbocycles. The van der Waals surface area contributed by atoms with Crippen LogP contribution in [0.25, 0.3) is 0 Å². The monoisotopic (exact) mass is 163 g/mol. The van der Waals surface area contributed by atoms with Crippen molar-refractivity contribution in [2.75, 3.05) is 6.54 Å². The highest BCUT2D eigenvalue weighted by atomic mass is 15.0. The second-order valence-corrected chi connectivity index (χ2v) is 4.50. The van der Waals surface area contributed by atoms with Gasteiger partial charge in [0.25, 0.3) is 0 Å². The molecule has 12 heavy (non-hydrogen) atoms. The van der Waals surface area contributed by atoms with Gasteiger partial charge in [0, 0.05) is 12.6 Å². The van der Waals surface area contributed by atoms with Crippen molar-refractivity contribution in [3.63, 3.8) is 0 Å². The average Bonchev–Trinajstić information content (AvgIpc) is 2.52. The number of hydrogen-bond acceptors (Lipinski definition) is 1. The van der Waals surface area contributed by atoms with Gasteiger partial charge in [0.1, 0.15) is 0 Å². The zero-order valence-electron chi connectivity index (χ0n) is 7.60. The van der Waals surface area contributed by atoms with Crippen molar-refractivity contribution in [2.45, 2.75) is 44.6 Å². The van der Waals surface area contributed by atoms with Crippen LogP contribution in [0.4, 0.5) is 0 Å². The van der Waals surface area contributed by atoms with Crippen molar-refractivity contribution in [1.29, 1.82) is 0 Å². The summed E-state index contributed by atoms with van der Waals surface area (Å²) in [6.07, 6.45) is 8.60. The molecule has 3 rings (SSSR count). The lowest BCUT2D eigenvalue weighted by Gasteiger charge is -2.29. The molecule has 1 fully saturated rings. The minimum absolute atomic E-state index is 0.805. The second-order valence-electron chi connectivity index (χ2n) is 4.50. The largest absolute Gasteiger partial charge is 0.310 e. The molecule has 1 heteroatoms. The van der Waals surface area contributed by atoms with Gasteiger partial charge in [0.15, 0.2) is 0 Å². The highest BCUT2D eigenvalue weighted by molar-refractivity contribution is 5.31. The van der Waals surface area contributed by atoms with Gasteiger partial charge >= 0.3 is 0 Å². The lowest BCUT2D eigenvalue weighted by molar-refractivity contribution is 0.494. The van der Waals surface area contributed by atoms with Gasteiger partial charge in [-0.25, -0.2) is 0 Å². The molecule has 0 aromatic heterocycles. The molecule has 1 heterocycles. The van der Waals surface area contributed by atoms with Crippen LogP contribution in [0.15, 0.2) is 11.1 Å². The first-order chi connectivity index (χ1) is 5.95. The van der Waals surface area contributed by atoms with E-state index < -0.39 is 0 Å². The van der Waals surface area contributed by atoms with Crippen molar-refractivity contribution >= 4 is 0 Å². The summed E-state index contributed by atoms with van der Waals surface area (Å²) in [6.45, 7) is 1.28. The van der Waals surface area contributed by atoms with Crippen molar-refractivity contribution in [1.82, 2.24) is 5.32 Å². The molecule has 0 aromatic carbocycles. The number of allylic oxidation sites excluding steroid dienone is 1. The van der Waals surface area contributed by atoms with Crippen LogP contribution in [0.2, 0.25) is 0 Å². The van der Waals surface area contributed by atoms with E-state index in [9.17, 15) is 0 Å². The van der Waals surface area contributed by atoms with Crippen molar-refractivity contribution < 1.29 is 0 Å². The summed E-state index contributed by atoms with van der Waals surface area (Å²) in [6, 6.07) is 0.805. The zero-order valence-corrected chi connectivity index (χ0v) is 7.60. The molecular weight excluding hydrogens is 146 g/mol. The molecule has 0 radical (unpaired) electrons. The third-order valence-electron chi connectivity index (χ3n) is 3.84. The van der Waals surface area contributed by atoms with Crippen molar-refractivity contribution in [3.05, 3.63) is 11.1 Å². The minimum atomic E-state index is 0.805. The van der Waals surface area contributed by atoms with E-state index in [2.05, 4.69) is 5.32 Å². The van der Waals surface area contributed by atoms with E-state index in [1.807, 2.05) is 11.1 Å². The fourth-order valence-corrected chi connectivity index (χ4v) is 3.33. The normalized spacial score (nSPS) is 40.0. The number of hydrogen-bond donors (Lipinski definition) is 1. The first kappa shape index (κ1) is 7.14. The summed E-state index contributed by atoms with van der Waals surface area (Å²) in [5, 5.41) is 3.67. The summed E-state index contributed by atoms with van der Waals surface area (Å²) in [5.41, 5.74) is 3.69. The lowest BCUT2D eigenvalue weighted by atomic mass is 9.76. The Balaban J connectivity index is 2.02. The quantitative estimate of drug-likeness (QED) is 0.540. The van der Waals surface area contributed by atoms with Crippen LogP contribution in [0.5, 0.6) is 0 Å². The van der Waals surface area contributed by atoms with Crippen LogP contribution in [0.1, 0.15) is 38.5 Å². The molecule has 0 bridgehead atoms. The third kappa shape index (κ3) is 0.891. The Morgan fingerprint density at radius 2 is 1.92 bits per heavy atom. The Morgan fingerprint density at radius 1 is 1.08 bits per heavy atom. The van der Waals surface area contributed by atoms with E-state index in [1.54, 1.807) is 0 Å². The summed E-state index contributed by atoms with van der Waals surface area (Å²) < 4.78 is 0. The summed E-state index contributed by atoms with van der Waals surface area (Å²) in [7, 11) is 0. The van der Waals surface area contributed by atoms with Crippen molar-refractivity contribution in [2.24, 2.45) is 5.92 Å². The first-order valence-electron chi connectivity index (χ1n) is 5.40. The van der Waals surface area contributed by atoms with E-state index in [0.29, 0.717) is 0 Å². The maximum absolute atomic E-state index is 3.67. The van der Waals surface area contributed by atoms with Gasteiger partial charge in [-0.3, -0.25) is 0 Å². The number of rotatable bonds is 0. The summed E-state index contributed by atoms with van der Waals surface area (Å²) >= 11 is 0. The Labute approximate surface area is 74.2 Å². The maximum atomic E-state index is 3.67. The molecule has 1 N–H and O–H groups in total. The lowest BCUT2D eigenvalue weighted by Crippen LogP contribution is -2.25. The topological polar surface area (TPSA) is 12.0 Å². The predicted octanol–water partition coefficient (Wildman–Crippen LogP) is 2.24. The van der Waals surface area contributed by atoms with Crippen LogP contribution in [0.3, 0.4) is 0 Å². The predicted molar refractivity (Wildman–Crippen MR) is 50.0 cm³/mol. The molecule has 0 spiro atoms. The first-order valence-corrected chi connectivity index (χ1v) is 5.40. The molecule has 66 valence electrons. The van der Waals surface area contributed by atoms with E-state index in [-0.39, 0.29) is 0 Å². The standard InChI is InChI=1S/C11H17N/c1-3-8-4-2-6-10-11(8)9(5-1)7-12-10/h9-10,12H,1-7H2. The van der Waals surface area contributed by atoms with Crippen LogP contribution in [-0.2, 0) is 0 Å². The average molecular weight is 163 g/mol. The minimum Gasteiger partial charge on any atom is -0.310 e. The van der Waals surface area contributed by atoms with E-state index in [0.717, 1.165) is 12.0 Å².